The van der Waals surface area contributed by atoms with Crippen molar-refractivity contribution in [2.75, 3.05) is 5.73 Å². The van der Waals surface area contributed by atoms with Gasteiger partial charge < -0.3 is 10.3 Å². The molecule has 3 nitrogen and oxygen atoms in total. The highest BCUT2D eigenvalue weighted by atomic mass is 15.0. The van der Waals surface area contributed by atoms with E-state index in [1.807, 2.05) is 25.5 Å². The standard InChI is InChI=1S/C8H11N3/c1-5-6(2)11(3)7(4-9)8(5)10/h10H2,1-3H3. The number of rotatable bonds is 0. The van der Waals surface area contributed by atoms with Crippen LogP contribution in [0.1, 0.15) is 17.0 Å². The first-order valence-electron chi connectivity index (χ1n) is 3.41. The van der Waals surface area contributed by atoms with Gasteiger partial charge in [0.1, 0.15) is 11.8 Å². The van der Waals surface area contributed by atoms with Gasteiger partial charge in [0, 0.05) is 12.7 Å². The highest BCUT2D eigenvalue weighted by Gasteiger charge is 2.10. The van der Waals surface area contributed by atoms with Crippen molar-refractivity contribution >= 4 is 5.69 Å². The zero-order chi connectivity index (χ0) is 8.59. The Bertz CT molecular complexity index is 303. The lowest BCUT2D eigenvalue weighted by Crippen LogP contribution is -1.95. The summed E-state index contributed by atoms with van der Waals surface area (Å²) in [4.78, 5) is 0. The van der Waals surface area contributed by atoms with Gasteiger partial charge in [-0.25, -0.2) is 0 Å². The maximum Gasteiger partial charge on any atom is 0.143 e. The normalized spacial score (nSPS) is 9.64. The van der Waals surface area contributed by atoms with Crippen molar-refractivity contribution in [1.82, 2.24) is 4.57 Å². The average molecular weight is 149 g/mol. The van der Waals surface area contributed by atoms with E-state index in [1.54, 1.807) is 0 Å². The highest BCUT2D eigenvalue weighted by Crippen LogP contribution is 2.21. The van der Waals surface area contributed by atoms with Crippen molar-refractivity contribution in [2.45, 2.75) is 13.8 Å². The Morgan fingerprint density at radius 2 is 2.00 bits per heavy atom. The largest absolute Gasteiger partial charge is 0.396 e. The van der Waals surface area contributed by atoms with Crippen molar-refractivity contribution < 1.29 is 0 Å². The molecule has 1 aromatic heterocycles. The quantitative estimate of drug-likeness (QED) is 0.600. The minimum atomic E-state index is 0.556. The molecule has 0 saturated heterocycles. The summed E-state index contributed by atoms with van der Waals surface area (Å²) >= 11 is 0. The molecule has 0 aliphatic carbocycles. The maximum atomic E-state index is 8.69. The molecule has 0 aliphatic rings. The predicted molar refractivity (Wildman–Crippen MR) is 44.0 cm³/mol. The second-order valence-electron chi connectivity index (χ2n) is 2.64. The lowest BCUT2D eigenvalue weighted by molar-refractivity contribution is 0.862. The fourth-order valence-electron chi connectivity index (χ4n) is 1.11. The molecule has 0 radical (unpaired) electrons. The van der Waals surface area contributed by atoms with Crippen LogP contribution in [0.2, 0.25) is 0 Å². The number of anilines is 1. The second-order valence-corrected chi connectivity index (χ2v) is 2.64. The van der Waals surface area contributed by atoms with Gasteiger partial charge >= 0.3 is 0 Å². The van der Waals surface area contributed by atoms with Gasteiger partial charge in [-0.3, -0.25) is 0 Å². The molecule has 0 unspecified atom stereocenters. The number of hydrogen-bond donors (Lipinski definition) is 1. The third kappa shape index (κ3) is 0.874. The van der Waals surface area contributed by atoms with Crippen LogP contribution in [0.3, 0.4) is 0 Å². The number of nitrogens with two attached hydrogens (primary N) is 1. The summed E-state index contributed by atoms with van der Waals surface area (Å²) in [5.74, 6) is 0. The molecule has 0 fully saturated rings. The van der Waals surface area contributed by atoms with Crippen LogP contribution in [0.5, 0.6) is 0 Å². The molecule has 0 aliphatic heterocycles. The first kappa shape index (κ1) is 7.67. The molecular weight excluding hydrogens is 138 g/mol. The zero-order valence-electron chi connectivity index (χ0n) is 6.97. The van der Waals surface area contributed by atoms with Crippen LogP contribution in [0.15, 0.2) is 0 Å². The van der Waals surface area contributed by atoms with Gasteiger partial charge in [0.2, 0.25) is 0 Å². The summed E-state index contributed by atoms with van der Waals surface area (Å²) in [6, 6.07) is 2.06. The Morgan fingerprint density at radius 1 is 1.45 bits per heavy atom. The van der Waals surface area contributed by atoms with Gasteiger partial charge in [0.05, 0.1) is 5.69 Å². The second kappa shape index (κ2) is 2.31. The van der Waals surface area contributed by atoms with Crippen molar-refractivity contribution in [3.63, 3.8) is 0 Å². The van der Waals surface area contributed by atoms with E-state index in [1.165, 1.54) is 0 Å². The van der Waals surface area contributed by atoms with Crippen LogP contribution < -0.4 is 5.73 Å². The van der Waals surface area contributed by atoms with Crippen molar-refractivity contribution in [2.24, 2.45) is 7.05 Å². The lowest BCUT2D eigenvalue weighted by Gasteiger charge is -1.95. The SMILES string of the molecule is Cc1c(N)c(C#N)n(C)c1C. The van der Waals surface area contributed by atoms with Crippen LogP contribution >= 0.6 is 0 Å². The van der Waals surface area contributed by atoms with Crippen LogP contribution in [-0.2, 0) is 7.05 Å². The molecule has 1 rings (SSSR count). The summed E-state index contributed by atoms with van der Waals surface area (Å²) < 4.78 is 1.81. The van der Waals surface area contributed by atoms with Crippen molar-refractivity contribution in [3.05, 3.63) is 17.0 Å². The Labute approximate surface area is 66.0 Å². The van der Waals surface area contributed by atoms with Crippen LogP contribution in [0, 0.1) is 25.2 Å². The van der Waals surface area contributed by atoms with Gasteiger partial charge in [-0.2, -0.15) is 5.26 Å². The van der Waals surface area contributed by atoms with E-state index in [-0.39, 0.29) is 0 Å². The molecule has 0 spiro atoms. The fraction of sp³-hybridized carbons (Fsp3) is 0.375. The van der Waals surface area contributed by atoms with Crippen LogP contribution in [-0.4, -0.2) is 4.57 Å². The van der Waals surface area contributed by atoms with E-state index >= 15 is 0 Å². The topological polar surface area (TPSA) is 54.7 Å². The first-order chi connectivity index (χ1) is 5.09. The van der Waals surface area contributed by atoms with E-state index in [9.17, 15) is 0 Å². The number of nitrogens with zero attached hydrogens (tertiary/aromatic N) is 2. The lowest BCUT2D eigenvalue weighted by atomic mass is 10.2. The Morgan fingerprint density at radius 3 is 2.18 bits per heavy atom. The average Bonchev–Trinajstić information content (AvgIpc) is 2.17. The van der Waals surface area contributed by atoms with Gasteiger partial charge in [-0.15, -0.1) is 0 Å². The molecule has 0 saturated carbocycles. The summed E-state index contributed by atoms with van der Waals surface area (Å²) in [7, 11) is 1.84. The minimum Gasteiger partial charge on any atom is -0.396 e. The van der Waals surface area contributed by atoms with E-state index in [0.717, 1.165) is 11.3 Å². The van der Waals surface area contributed by atoms with Crippen molar-refractivity contribution in [3.8, 4) is 6.07 Å². The molecule has 58 valence electrons. The Balaban J connectivity index is 3.51. The minimum absolute atomic E-state index is 0.556. The third-order valence-corrected chi connectivity index (χ3v) is 2.15. The van der Waals surface area contributed by atoms with Crippen LogP contribution in [0.4, 0.5) is 5.69 Å². The van der Waals surface area contributed by atoms with E-state index in [0.29, 0.717) is 11.4 Å². The molecular formula is C8H11N3. The summed E-state index contributed by atoms with van der Waals surface area (Å²) in [6.07, 6.45) is 0. The molecule has 0 atom stereocenters. The highest BCUT2D eigenvalue weighted by molar-refractivity contribution is 5.59. The molecule has 2 N–H and O–H groups in total. The molecule has 1 heterocycles. The monoisotopic (exact) mass is 149 g/mol. The Hall–Kier alpha value is -1.43. The summed E-state index contributed by atoms with van der Waals surface area (Å²) in [5, 5.41) is 8.69. The van der Waals surface area contributed by atoms with Gasteiger partial charge in [0.15, 0.2) is 0 Å². The predicted octanol–water partition coefficient (Wildman–Crippen LogP) is 1.10. The summed E-state index contributed by atoms with van der Waals surface area (Å²) in [6.45, 7) is 3.87. The Kier molecular flexibility index (Phi) is 1.61. The third-order valence-electron chi connectivity index (χ3n) is 2.15. The number of aromatic nitrogens is 1. The van der Waals surface area contributed by atoms with E-state index < -0.39 is 0 Å². The summed E-state index contributed by atoms with van der Waals surface area (Å²) in [5.41, 5.74) is 8.89. The molecule has 3 heteroatoms. The number of nitriles is 1. The molecule has 11 heavy (non-hydrogen) atoms. The zero-order valence-corrected chi connectivity index (χ0v) is 6.97. The van der Waals surface area contributed by atoms with E-state index in [2.05, 4.69) is 6.07 Å². The van der Waals surface area contributed by atoms with Crippen molar-refractivity contribution in [1.29, 1.82) is 5.26 Å². The molecule has 0 aromatic carbocycles. The number of hydrogen-bond acceptors (Lipinski definition) is 2. The maximum absolute atomic E-state index is 8.69. The van der Waals surface area contributed by atoms with Gasteiger partial charge in [0.25, 0.3) is 0 Å². The molecule has 1 aromatic rings. The number of nitrogen functional groups attached to an aromatic ring is 1. The molecule has 0 bridgehead atoms. The van der Waals surface area contributed by atoms with Gasteiger partial charge in [-0.05, 0) is 19.4 Å². The molecule has 0 amide bonds. The van der Waals surface area contributed by atoms with Gasteiger partial charge in [-0.1, -0.05) is 0 Å². The first-order valence-corrected chi connectivity index (χ1v) is 3.41. The van der Waals surface area contributed by atoms with E-state index in [4.69, 9.17) is 11.0 Å². The van der Waals surface area contributed by atoms with Crippen LogP contribution in [0.25, 0.3) is 0 Å². The smallest absolute Gasteiger partial charge is 0.143 e. The fourth-order valence-corrected chi connectivity index (χ4v) is 1.11.